The van der Waals surface area contributed by atoms with Crippen molar-refractivity contribution < 1.29 is 9.53 Å². The lowest BCUT2D eigenvalue weighted by molar-refractivity contribution is -0.123. The molecule has 4 heteroatoms. The molecule has 1 saturated heterocycles. The summed E-state index contributed by atoms with van der Waals surface area (Å²) in [6.07, 6.45) is 4.88. The van der Waals surface area contributed by atoms with E-state index in [0.29, 0.717) is 12.6 Å². The van der Waals surface area contributed by atoms with Crippen LogP contribution < -0.4 is 11.1 Å². The summed E-state index contributed by atoms with van der Waals surface area (Å²) >= 11 is 0. The van der Waals surface area contributed by atoms with Crippen molar-refractivity contribution in [2.75, 3.05) is 19.8 Å². The number of amides is 1. The van der Waals surface area contributed by atoms with Crippen molar-refractivity contribution in [1.82, 2.24) is 5.32 Å². The van der Waals surface area contributed by atoms with Gasteiger partial charge >= 0.3 is 0 Å². The van der Waals surface area contributed by atoms with Gasteiger partial charge in [-0.3, -0.25) is 4.79 Å². The Morgan fingerprint density at radius 2 is 2.40 bits per heavy atom. The van der Waals surface area contributed by atoms with Gasteiger partial charge in [-0.25, -0.2) is 0 Å². The summed E-state index contributed by atoms with van der Waals surface area (Å²) in [7, 11) is 0. The number of rotatable bonds is 6. The molecule has 3 N–H and O–H groups in total. The Bertz CT molecular complexity index is 191. The number of primary amides is 1. The number of ether oxygens (including phenoxy) is 1. The smallest absolute Gasteiger partial charge is 0.222 e. The summed E-state index contributed by atoms with van der Waals surface area (Å²) in [6.45, 7) is 4.08. The molecule has 0 aromatic carbocycles. The predicted octanol–water partition coefficient (Wildman–Crippen LogP) is 0.657. The third-order valence-electron chi connectivity index (χ3n) is 2.88. The third kappa shape index (κ3) is 5.14. The highest BCUT2D eigenvalue weighted by molar-refractivity contribution is 5.76. The second-order valence-electron chi connectivity index (χ2n) is 4.31. The maximum Gasteiger partial charge on any atom is 0.222 e. The van der Waals surface area contributed by atoms with Gasteiger partial charge in [0.05, 0.1) is 12.5 Å². The molecule has 1 heterocycles. The Hall–Kier alpha value is -0.610. The SMILES string of the molecule is CC(COCCC1CCCCN1)C(N)=O. The van der Waals surface area contributed by atoms with Gasteiger partial charge in [0.15, 0.2) is 0 Å². The van der Waals surface area contributed by atoms with Crippen molar-refractivity contribution in [3.8, 4) is 0 Å². The summed E-state index contributed by atoms with van der Waals surface area (Å²) in [6, 6.07) is 0.600. The number of piperidine rings is 1. The number of nitrogens with two attached hydrogens (primary N) is 1. The van der Waals surface area contributed by atoms with E-state index in [9.17, 15) is 4.79 Å². The zero-order valence-electron chi connectivity index (χ0n) is 9.50. The summed E-state index contributed by atoms with van der Waals surface area (Å²) in [5.74, 6) is -0.463. The van der Waals surface area contributed by atoms with Crippen LogP contribution in [0.4, 0.5) is 0 Å². The van der Waals surface area contributed by atoms with Crippen LogP contribution in [0.5, 0.6) is 0 Å². The lowest BCUT2D eigenvalue weighted by Crippen LogP contribution is -2.35. The highest BCUT2D eigenvalue weighted by Crippen LogP contribution is 2.10. The Morgan fingerprint density at radius 3 is 3.00 bits per heavy atom. The molecule has 0 spiro atoms. The maximum atomic E-state index is 10.7. The van der Waals surface area contributed by atoms with Crippen molar-refractivity contribution in [1.29, 1.82) is 0 Å². The van der Waals surface area contributed by atoms with Crippen LogP contribution in [0, 0.1) is 5.92 Å². The van der Waals surface area contributed by atoms with Crippen molar-refractivity contribution >= 4 is 5.91 Å². The fourth-order valence-corrected chi connectivity index (χ4v) is 1.74. The first kappa shape index (κ1) is 12.5. The minimum atomic E-state index is -0.286. The lowest BCUT2D eigenvalue weighted by atomic mass is 10.0. The first-order valence-corrected chi connectivity index (χ1v) is 5.80. The quantitative estimate of drug-likeness (QED) is 0.638. The van der Waals surface area contributed by atoms with Crippen LogP contribution in [-0.2, 0) is 9.53 Å². The van der Waals surface area contributed by atoms with Crippen LogP contribution in [0.25, 0.3) is 0 Å². The normalized spacial score (nSPS) is 23.7. The largest absolute Gasteiger partial charge is 0.381 e. The van der Waals surface area contributed by atoms with E-state index in [2.05, 4.69) is 5.32 Å². The van der Waals surface area contributed by atoms with Gasteiger partial charge in [0.1, 0.15) is 0 Å². The number of hydrogen-bond acceptors (Lipinski definition) is 3. The van der Waals surface area contributed by atoms with Crippen LogP contribution >= 0.6 is 0 Å². The molecular weight excluding hydrogens is 192 g/mol. The van der Waals surface area contributed by atoms with E-state index in [1.807, 2.05) is 0 Å². The molecule has 88 valence electrons. The summed E-state index contributed by atoms with van der Waals surface area (Å²) in [5, 5.41) is 3.46. The molecule has 1 rings (SSSR count). The molecule has 0 radical (unpaired) electrons. The second-order valence-corrected chi connectivity index (χ2v) is 4.31. The van der Waals surface area contributed by atoms with E-state index in [1.165, 1.54) is 19.3 Å². The Morgan fingerprint density at radius 1 is 1.60 bits per heavy atom. The van der Waals surface area contributed by atoms with Crippen LogP contribution in [0.3, 0.4) is 0 Å². The molecule has 0 bridgehead atoms. The van der Waals surface area contributed by atoms with Crippen LogP contribution in [0.1, 0.15) is 32.6 Å². The monoisotopic (exact) mass is 214 g/mol. The van der Waals surface area contributed by atoms with Crippen LogP contribution in [0.2, 0.25) is 0 Å². The zero-order chi connectivity index (χ0) is 11.1. The van der Waals surface area contributed by atoms with Crippen molar-refractivity contribution in [2.45, 2.75) is 38.6 Å². The van der Waals surface area contributed by atoms with Gasteiger partial charge in [-0.1, -0.05) is 13.3 Å². The van der Waals surface area contributed by atoms with Gasteiger partial charge in [-0.15, -0.1) is 0 Å². The van der Waals surface area contributed by atoms with Crippen molar-refractivity contribution in [2.24, 2.45) is 11.7 Å². The van der Waals surface area contributed by atoms with Crippen LogP contribution in [-0.4, -0.2) is 31.7 Å². The van der Waals surface area contributed by atoms with Gasteiger partial charge in [0, 0.05) is 12.6 Å². The number of carbonyl (C=O) groups is 1. The molecular formula is C11H22N2O2. The summed E-state index contributed by atoms with van der Waals surface area (Å²) < 4.78 is 5.42. The Balaban J connectivity index is 1.98. The van der Waals surface area contributed by atoms with Gasteiger partial charge in [0.2, 0.25) is 5.91 Å². The van der Waals surface area contributed by atoms with Gasteiger partial charge in [-0.05, 0) is 25.8 Å². The highest BCUT2D eigenvalue weighted by Gasteiger charge is 2.13. The summed E-state index contributed by atoms with van der Waals surface area (Å²) in [5.41, 5.74) is 5.13. The van der Waals surface area contributed by atoms with E-state index in [0.717, 1.165) is 19.6 Å². The molecule has 0 aromatic heterocycles. The van der Waals surface area contributed by atoms with Crippen molar-refractivity contribution in [3.05, 3.63) is 0 Å². The molecule has 2 atom stereocenters. The molecule has 1 aliphatic rings. The van der Waals surface area contributed by atoms with Crippen molar-refractivity contribution in [3.63, 3.8) is 0 Å². The van der Waals surface area contributed by atoms with Gasteiger partial charge < -0.3 is 15.8 Å². The molecule has 1 amide bonds. The fourth-order valence-electron chi connectivity index (χ4n) is 1.74. The first-order valence-electron chi connectivity index (χ1n) is 5.80. The van der Waals surface area contributed by atoms with E-state index < -0.39 is 0 Å². The number of hydrogen-bond donors (Lipinski definition) is 2. The minimum absolute atomic E-state index is 0.177. The van der Waals surface area contributed by atoms with E-state index >= 15 is 0 Å². The number of nitrogens with one attached hydrogen (secondary N) is 1. The predicted molar refractivity (Wildman–Crippen MR) is 59.4 cm³/mol. The molecule has 4 nitrogen and oxygen atoms in total. The lowest BCUT2D eigenvalue weighted by Gasteiger charge is -2.23. The Labute approximate surface area is 91.5 Å². The molecule has 15 heavy (non-hydrogen) atoms. The van der Waals surface area contributed by atoms with Gasteiger partial charge in [0.25, 0.3) is 0 Å². The molecule has 1 aliphatic heterocycles. The molecule has 0 aliphatic carbocycles. The highest BCUT2D eigenvalue weighted by atomic mass is 16.5. The zero-order valence-corrected chi connectivity index (χ0v) is 9.50. The standard InChI is InChI=1S/C11H22N2O2/c1-9(11(12)14)8-15-7-5-10-4-2-3-6-13-10/h9-10,13H,2-8H2,1H3,(H2,12,14). The van der Waals surface area contributed by atoms with Crippen LogP contribution in [0.15, 0.2) is 0 Å². The average Bonchev–Trinajstić information content (AvgIpc) is 2.25. The number of carbonyl (C=O) groups excluding carboxylic acids is 1. The maximum absolute atomic E-state index is 10.7. The molecule has 1 fully saturated rings. The molecule has 2 unspecified atom stereocenters. The van der Waals surface area contributed by atoms with E-state index in [-0.39, 0.29) is 11.8 Å². The molecule has 0 aromatic rings. The van der Waals surface area contributed by atoms with E-state index in [4.69, 9.17) is 10.5 Å². The Kier molecular flexibility index (Phi) is 5.65. The first-order chi connectivity index (χ1) is 7.20. The third-order valence-corrected chi connectivity index (χ3v) is 2.88. The van der Waals surface area contributed by atoms with Gasteiger partial charge in [-0.2, -0.15) is 0 Å². The fraction of sp³-hybridized carbons (Fsp3) is 0.909. The topological polar surface area (TPSA) is 64.3 Å². The summed E-state index contributed by atoms with van der Waals surface area (Å²) in [4.78, 5) is 10.7. The average molecular weight is 214 g/mol. The molecule has 0 saturated carbocycles. The van der Waals surface area contributed by atoms with E-state index in [1.54, 1.807) is 6.92 Å². The minimum Gasteiger partial charge on any atom is -0.381 e. The second kappa shape index (κ2) is 6.80.